The fourth-order valence-electron chi connectivity index (χ4n) is 0.501. The van der Waals surface area contributed by atoms with Crippen molar-refractivity contribution in [3.05, 3.63) is 12.2 Å². The molecule has 0 amide bonds. The molecule has 0 aliphatic carbocycles. The predicted octanol–water partition coefficient (Wildman–Crippen LogP) is 1.35. The van der Waals surface area contributed by atoms with Gasteiger partial charge in [-0.15, -0.1) is 0 Å². The summed E-state index contributed by atoms with van der Waals surface area (Å²) in [6, 6.07) is 0. The monoisotopic (exact) mass is 144 g/mol. The number of aliphatic hydroxyl groups excluding tert-OH is 1. The molecule has 0 bridgehead atoms. The third-order valence-electron chi connectivity index (χ3n) is 1.13. The summed E-state index contributed by atoms with van der Waals surface area (Å²) in [6.07, 6.45) is 4.37. The van der Waals surface area contributed by atoms with E-state index in [1.54, 1.807) is 6.92 Å². The van der Waals surface area contributed by atoms with Gasteiger partial charge >= 0.3 is 0 Å². The molecule has 10 heavy (non-hydrogen) atoms. The highest BCUT2D eigenvalue weighted by Gasteiger charge is 1.92. The molecule has 0 saturated heterocycles. The van der Waals surface area contributed by atoms with Crippen molar-refractivity contribution in [1.82, 2.24) is 0 Å². The molecule has 0 rings (SSSR count). The first-order valence-electron chi connectivity index (χ1n) is 3.64. The number of allylic oxidation sites excluding steroid dienone is 1. The van der Waals surface area contributed by atoms with Crippen molar-refractivity contribution in [3.63, 3.8) is 0 Å². The summed E-state index contributed by atoms with van der Waals surface area (Å²) in [5.74, 6) is 0. The first-order chi connectivity index (χ1) is 4.77. The summed E-state index contributed by atoms with van der Waals surface area (Å²) in [5.41, 5.74) is 0. The number of aliphatic hydroxyl groups is 1. The van der Waals surface area contributed by atoms with Crippen molar-refractivity contribution in [2.45, 2.75) is 26.4 Å². The normalized spacial score (nSPS) is 14.3. The van der Waals surface area contributed by atoms with Crippen LogP contribution < -0.4 is 0 Å². The van der Waals surface area contributed by atoms with Gasteiger partial charge < -0.3 is 9.84 Å². The fourth-order valence-corrected chi connectivity index (χ4v) is 0.501. The molecule has 2 nitrogen and oxygen atoms in total. The Morgan fingerprint density at radius 3 is 2.80 bits per heavy atom. The zero-order valence-corrected chi connectivity index (χ0v) is 6.71. The average Bonchev–Trinajstić information content (AvgIpc) is 1.87. The van der Waals surface area contributed by atoms with Crippen LogP contribution in [0, 0.1) is 0 Å². The summed E-state index contributed by atoms with van der Waals surface area (Å²) in [4.78, 5) is 0. The summed E-state index contributed by atoms with van der Waals surface area (Å²) in [5, 5.41) is 8.81. The van der Waals surface area contributed by atoms with Crippen LogP contribution in [0.25, 0.3) is 0 Å². The quantitative estimate of drug-likeness (QED) is 0.466. The summed E-state index contributed by atoms with van der Waals surface area (Å²) < 4.78 is 5.14. The molecular formula is C8H16O2. The van der Waals surface area contributed by atoms with Crippen LogP contribution in [-0.4, -0.2) is 24.4 Å². The Labute approximate surface area is 62.5 Å². The third kappa shape index (κ3) is 7.66. The largest absolute Gasteiger partial charge is 0.393 e. The van der Waals surface area contributed by atoms with Crippen molar-refractivity contribution >= 4 is 0 Å². The van der Waals surface area contributed by atoms with Gasteiger partial charge in [0, 0.05) is 6.61 Å². The molecule has 0 saturated carbocycles. The van der Waals surface area contributed by atoms with E-state index >= 15 is 0 Å². The minimum Gasteiger partial charge on any atom is -0.393 e. The number of hydrogen-bond acceptors (Lipinski definition) is 2. The van der Waals surface area contributed by atoms with Crippen LogP contribution in [0.3, 0.4) is 0 Å². The molecule has 0 aromatic heterocycles. The number of hydrogen-bond donors (Lipinski definition) is 1. The van der Waals surface area contributed by atoms with Crippen LogP contribution in [0.15, 0.2) is 12.2 Å². The van der Waals surface area contributed by atoms with E-state index in [2.05, 4.69) is 0 Å². The van der Waals surface area contributed by atoms with Gasteiger partial charge in [0.15, 0.2) is 0 Å². The lowest BCUT2D eigenvalue weighted by Crippen LogP contribution is -2.05. The van der Waals surface area contributed by atoms with Gasteiger partial charge in [-0.1, -0.05) is 12.2 Å². The van der Waals surface area contributed by atoms with E-state index in [0.29, 0.717) is 13.2 Å². The minimum atomic E-state index is -0.245. The van der Waals surface area contributed by atoms with Gasteiger partial charge in [0.2, 0.25) is 0 Å². The molecule has 1 N–H and O–H groups in total. The van der Waals surface area contributed by atoms with E-state index in [0.717, 1.165) is 6.42 Å². The number of ether oxygens (including phenoxy) is 1. The molecule has 60 valence electrons. The second-order valence-electron chi connectivity index (χ2n) is 2.28. The molecule has 0 spiro atoms. The van der Waals surface area contributed by atoms with Gasteiger partial charge in [-0.05, 0) is 20.3 Å². The maximum Gasteiger partial charge on any atom is 0.0647 e. The highest BCUT2D eigenvalue weighted by atomic mass is 16.5. The van der Waals surface area contributed by atoms with Crippen molar-refractivity contribution in [1.29, 1.82) is 0 Å². The van der Waals surface area contributed by atoms with E-state index in [1.165, 1.54) is 0 Å². The lowest BCUT2D eigenvalue weighted by molar-refractivity contribution is 0.105. The van der Waals surface area contributed by atoms with Gasteiger partial charge in [0.25, 0.3) is 0 Å². The molecule has 0 radical (unpaired) electrons. The fraction of sp³-hybridized carbons (Fsp3) is 0.750. The molecule has 2 heteroatoms. The van der Waals surface area contributed by atoms with Crippen molar-refractivity contribution in [2.24, 2.45) is 0 Å². The van der Waals surface area contributed by atoms with Gasteiger partial charge in [-0.2, -0.15) is 0 Å². The molecule has 0 aromatic carbocycles. The minimum absolute atomic E-state index is 0.245. The molecule has 1 atom stereocenters. The van der Waals surface area contributed by atoms with E-state index in [-0.39, 0.29) is 6.10 Å². The third-order valence-corrected chi connectivity index (χ3v) is 1.13. The lowest BCUT2D eigenvalue weighted by Gasteiger charge is -2.02. The second kappa shape index (κ2) is 6.78. The Kier molecular flexibility index (Phi) is 6.55. The summed E-state index contributed by atoms with van der Waals surface area (Å²) in [7, 11) is 0. The number of rotatable bonds is 5. The van der Waals surface area contributed by atoms with Gasteiger partial charge in [-0.3, -0.25) is 0 Å². The van der Waals surface area contributed by atoms with Crippen LogP contribution in [0.4, 0.5) is 0 Å². The van der Waals surface area contributed by atoms with Crippen LogP contribution in [0.2, 0.25) is 0 Å². The van der Waals surface area contributed by atoms with E-state index in [1.807, 2.05) is 19.1 Å². The summed E-state index contributed by atoms with van der Waals surface area (Å²) >= 11 is 0. The Balaban J connectivity index is 2.91. The first kappa shape index (κ1) is 9.66. The zero-order valence-electron chi connectivity index (χ0n) is 6.71. The van der Waals surface area contributed by atoms with Crippen molar-refractivity contribution in [2.75, 3.05) is 13.2 Å². The first-order valence-corrected chi connectivity index (χ1v) is 3.64. The molecule has 0 aromatic rings. The zero-order chi connectivity index (χ0) is 7.82. The highest BCUT2D eigenvalue weighted by Crippen LogP contribution is 1.89. The Bertz CT molecular complexity index is 87.3. The Morgan fingerprint density at radius 2 is 2.30 bits per heavy atom. The SMILES string of the molecule is CC=CCOCCC(C)O. The summed E-state index contributed by atoms with van der Waals surface area (Å²) in [6.45, 7) is 5.02. The van der Waals surface area contributed by atoms with E-state index < -0.39 is 0 Å². The second-order valence-corrected chi connectivity index (χ2v) is 2.28. The standard InChI is InChI=1S/C8H16O2/c1-3-4-6-10-7-5-8(2)9/h3-4,8-9H,5-7H2,1-2H3. The predicted molar refractivity (Wildman–Crippen MR) is 41.9 cm³/mol. The van der Waals surface area contributed by atoms with Crippen LogP contribution >= 0.6 is 0 Å². The maximum atomic E-state index is 8.81. The van der Waals surface area contributed by atoms with E-state index in [4.69, 9.17) is 9.84 Å². The topological polar surface area (TPSA) is 29.5 Å². The Morgan fingerprint density at radius 1 is 1.60 bits per heavy atom. The van der Waals surface area contributed by atoms with Crippen molar-refractivity contribution in [3.8, 4) is 0 Å². The van der Waals surface area contributed by atoms with Crippen LogP contribution in [-0.2, 0) is 4.74 Å². The molecule has 0 aliphatic heterocycles. The molecule has 0 aliphatic rings. The average molecular weight is 144 g/mol. The smallest absolute Gasteiger partial charge is 0.0647 e. The molecular weight excluding hydrogens is 128 g/mol. The van der Waals surface area contributed by atoms with Crippen molar-refractivity contribution < 1.29 is 9.84 Å². The van der Waals surface area contributed by atoms with Gasteiger partial charge in [0.05, 0.1) is 12.7 Å². The van der Waals surface area contributed by atoms with Crippen LogP contribution in [0.1, 0.15) is 20.3 Å². The van der Waals surface area contributed by atoms with Gasteiger partial charge in [0.1, 0.15) is 0 Å². The molecule has 1 unspecified atom stereocenters. The van der Waals surface area contributed by atoms with E-state index in [9.17, 15) is 0 Å². The molecule has 0 heterocycles. The maximum absolute atomic E-state index is 8.81. The molecule has 0 fully saturated rings. The lowest BCUT2D eigenvalue weighted by atomic mass is 10.3. The van der Waals surface area contributed by atoms with Gasteiger partial charge in [-0.25, -0.2) is 0 Å². The van der Waals surface area contributed by atoms with Crippen LogP contribution in [0.5, 0.6) is 0 Å². The highest BCUT2D eigenvalue weighted by molar-refractivity contribution is 4.75. The Hall–Kier alpha value is -0.340.